The first-order valence-electron chi connectivity index (χ1n) is 5.53. The molecule has 1 aliphatic heterocycles. The molecule has 1 aromatic rings. The Labute approximate surface area is 94.6 Å². The van der Waals surface area contributed by atoms with E-state index in [1.54, 1.807) is 12.1 Å². The lowest BCUT2D eigenvalue weighted by Gasteiger charge is -2.10. The molecule has 0 amide bonds. The van der Waals surface area contributed by atoms with E-state index in [-0.39, 0.29) is 12.1 Å². The van der Waals surface area contributed by atoms with Crippen LogP contribution in [-0.4, -0.2) is 5.97 Å². The molecule has 2 rings (SSSR count). The minimum absolute atomic E-state index is 0.148. The maximum atomic E-state index is 11.6. The zero-order valence-electron chi connectivity index (χ0n) is 9.32. The molecule has 1 aliphatic rings. The molecule has 0 spiro atoms. The lowest BCUT2D eigenvalue weighted by Crippen LogP contribution is -2.00. The third kappa shape index (κ3) is 1.71. The maximum absolute atomic E-state index is 11.6. The summed E-state index contributed by atoms with van der Waals surface area (Å²) in [4.78, 5) is 11.6. The maximum Gasteiger partial charge on any atom is 0.339 e. The van der Waals surface area contributed by atoms with Crippen LogP contribution in [0.1, 0.15) is 48.2 Å². The van der Waals surface area contributed by atoms with Crippen molar-refractivity contribution >= 4 is 17.3 Å². The van der Waals surface area contributed by atoms with Crippen molar-refractivity contribution in [1.82, 2.24) is 0 Å². The zero-order chi connectivity index (χ0) is 11.7. The van der Waals surface area contributed by atoms with Gasteiger partial charge in [-0.3, -0.25) is 0 Å². The third-order valence-corrected chi connectivity index (χ3v) is 2.89. The predicted molar refractivity (Wildman–Crippen MR) is 62.9 cm³/mol. The van der Waals surface area contributed by atoms with Crippen LogP contribution in [0.15, 0.2) is 12.1 Å². The summed E-state index contributed by atoms with van der Waals surface area (Å²) < 4.78 is 5.29. The second kappa shape index (κ2) is 4.04. The van der Waals surface area contributed by atoms with Gasteiger partial charge in [-0.1, -0.05) is 13.3 Å². The first kappa shape index (κ1) is 10.8. The van der Waals surface area contributed by atoms with Gasteiger partial charge in [0, 0.05) is 5.56 Å². The van der Waals surface area contributed by atoms with E-state index in [4.69, 9.17) is 16.2 Å². The zero-order valence-corrected chi connectivity index (χ0v) is 9.32. The summed E-state index contributed by atoms with van der Waals surface area (Å²) in [5.74, 6) is -0.289. The Kier molecular flexibility index (Phi) is 2.73. The molecule has 0 aromatic heterocycles. The minimum Gasteiger partial charge on any atom is -0.454 e. The van der Waals surface area contributed by atoms with E-state index in [2.05, 4.69) is 6.92 Å². The summed E-state index contributed by atoms with van der Waals surface area (Å²) in [5, 5.41) is 0. The number of carbonyl (C=O) groups is 1. The average molecular weight is 220 g/mol. The lowest BCUT2D eigenvalue weighted by molar-refractivity contribution is 0.0364. The number of hydrogen-bond donors (Lipinski definition) is 2. The number of esters is 1. The van der Waals surface area contributed by atoms with Crippen LogP contribution in [0.5, 0.6) is 0 Å². The standard InChI is InChI=1S/C12H16N2O2/c1-2-3-4-11-7-5-9(13)10(14)6-8(7)12(15)16-11/h5-6,11H,2-4,13-14H2,1H3. The Morgan fingerprint density at radius 1 is 1.31 bits per heavy atom. The van der Waals surface area contributed by atoms with Gasteiger partial charge in [0.2, 0.25) is 0 Å². The van der Waals surface area contributed by atoms with Crippen molar-refractivity contribution in [2.24, 2.45) is 0 Å². The summed E-state index contributed by atoms with van der Waals surface area (Å²) in [7, 11) is 0. The number of hydrogen-bond acceptors (Lipinski definition) is 4. The summed E-state index contributed by atoms with van der Waals surface area (Å²) >= 11 is 0. The number of nitrogen functional groups attached to an aromatic ring is 2. The highest BCUT2D eigenvalue weighted by molar-refractivity contribution is 5.96. The highest BCUT2D eigenvalue weighted by Crippen LogP contribution is 2.37. The van der Waals surface area contributed by atoms with E-state index >= 15 is 0 Å². The number of fused-ring (bicyclic) bond motifs is 1. The smallest absolute Gasteiger partial charge is 0.339 e. The molecule has 16 heavy (non-hydrogen) atoms. The molecule has 0 radical (unpaired) electrons. The van der Waals surface area contributed by atoms with Gasteiger partial charge in [0.05, 0.1) is 16.9 Å². The summed E-state index contributed by atoms with van der Waals surface area (Å²) in [6.45, 7) is 2.11. The molecule has 4 nitrogen and oxygen atoms in total. The number of nitrogens with two attached hydrogens (primary N) is 2. The number of carbonyl (C=O) groups excluding carboxylic acids is 1. The van der Waals surface area contributed by atoms with E-state index in [9.17, 15) is 4.79 Å². The van der Waals surface area contributed by atoms with Gasteiger partial charge in [-0.15, -0.1) is 0 Å². The van der Waals surface area contributed by atoms with Crippen molar-refractivity contribution in [3.8, 4) is 0 Å². The van der Waals surface area contributed by atoms with Crippen LogP contribution in [-0.2, 0) is 4.74 Å². The van der Waals surface area contributed by atoms with Crippen LogP contribution in [0.3, 0.4) is 0 Å². The summed E-state index contributed by atoms with van der Waals surface area (Å²) in [6.07, 6.45) is 2.80. The van der Waals surface area contributed by atoms with Crippen molar-refractivity contribution in [2.75, 3.05) is 11.5 Å². The van der Waals surface area contributed by atoms with Gasteiger partial charge in [0.1, 0.15) is 6.10 Å². The number of benzene rings is 1. The molecule has 1 atom stereocenters. The fourth-order valence-electron chi connectivity index (χ4n) is 1.95. The van der Waals surface area contributed by atoms with Crippen molar-refractivity contribution in [3.63, 3.8) is 0 Å². The molecule has 0 saturated carbocycles. The molecular weight excluding hydrogens is 204 g/mol. The Hall–Kier alpha value is -1.71. The molecule has 1 heterocycles. The molecule has 86 valence electrons. The van der Waals surface area contributed by atoms with Crippen LogP contribution in [0.4, 0.5) is 11.4 Å². The molecule has 1 aromatic carbocycles. The first-order chi connectivity index (χ1) is 7.63. The summed E-state index contributed by atoms with van der Waals surface area (Å²) in [6, 6.07) is 3.37. The number of cyclic esters (lactones) is 1. The fourth-order valence-corrected chi connectivity index (χ4v) is 1.95. The van der Waals surface area contributed by atoms with E-state index in [0.717, 1.165) is 24.8 Å². The largest absolute Gasteiger partial charge is 0.454 e. The fraction of sp³-hybridized carbons (Fsp3) is 0.417. The third-order valence-electron chi connectivity index (χ3n) is 2.89. The lowest BCUT2D eigenvalue weighted by atomic mass is 10.00. The van der Waals surface area contributed by atoms with Gasteiger partial charge in [-0.05, 0) is 25.0 Å². The van der Waals surface area contributed by atoms with Gasteiger partial charge in [0.25, 0.3) is 0 Å². The van der Waals surface area contributed by atoms with Crippen molar-refractivity contribution in [3.05, 3.63) is 23.3 Å². The molecule has 0 saturated heterocycles. The first-order valence-corrected chi connectivity index (χ1v) is 5.53. The van der Waals surface area contributed by atoms with Crippen LogP contribution >= 0.6 is 0 Å². The Balaban J connectivity index is 2.34. The molecule has 0 aliphatic carbocycles. The topological polar surface area (TPSA) is 78.3 Å². The van der Waals surface area contributed by atoms with E-state index in [1.165, 1.54) is 0 Å². The number of rotatable bonds is 3. The van der Waals surface area contributed by atoms with E-state index < -0.39 is 0 Å². The predicted octanol–water partition coefficient (Wildman–Crippen LogP) is 2.25. The second-order valence-corrected chi connectivity index (χ2v) is 4.10. The van der Waals surface area contributed by atoms with Gasteiger partial charge in [0.15, 0.2) is 0 Å². The molecule has 0 bridgehead atoms. The average Bonchev–Trinajstić information content (AvgIpc) is 2.54. The Morgan fingerprint density at radius 2 is 2.00 bits per heavy atom. The molecule has 1 unspecified atom stereocenters. The van der Waals surface area contributed by atoms with E-state index in [1.807, 2.05) is 0 Å². The molecular formula is C12H16N2O2. The second-order valence-electron chi connectivity index (χ2n) is 4.10. The minimum atomic E-state index is -0.289. The number of ether oxygens (including phenoxy) is 1. The molecule has 0 fully saturated rings. The van der Waals surface area contributed by atoms with Crippen LogP contribution < -0.4 is 11.5 Å². The van der Waals surface area contributed by atoms with Gasteiger partial charge >= 0.3 is 5.97 Å². The van der Waals surface area contributed by atoms with Gasteiger partial charge in [-0.25, -0.2) is 4.79 Å². The summed E-state index contributed by atoms with van der Waals surface area (Å²) in [5.41, 5.74) is 13.8. The molecule has 4 heteroatoms. The Morgan fingerprint density at radius 3 is 2.69 bits per heavy atom. The van der Waals surface area contributed by atoms with E-state index in [0.29, 0.717) is 16.9 Å². The van der Waals surface area contributed by atoms with Crippen molar-refractivity contribution in [1.29, 1.82) is 0 Å². The van der Waals surface area contributed by atoms with Crippen LogP contribution in [0.2, 0.25) is 0 Å². The van der Waals surface area contributed by atoms with Crippen LogP contribution in [0, 0.1) is 0 Å². The highest BCUT2D eigenvalue weighted by Gasteiger charge is 2.31. The highest BCUT2D eigenvalue weighted by atomic mass is 16.5. The monoisotopic (exact) mass is 220 g/mol. The van der Waals surface area contributed by atoms with Gasteiger partial charge < -0.3 is 16.2 Å². The Bertz CT molecular complexity index is 429. The molecule has 4 N–H and O–H groups in total. The van der Waals surface area contributed by atoms with Gasteiger partial charge in [-0.2, -0.15) is 0 Å². The van der Waals surface area contributed by atoms with Crippen molar-refractivity contribution in [2.45, 2.75) is 32.3 Å². The number of unbranched alkanes of at least 4 members (excludes halogenated alkanes) is 1. The SMILES string of the molecule is CCCCC1OC(=O)c2cc(N)c(N)cc21. The van der Waals surface area contributed by atoms with Crippen LogP contribution in [0.25, 0.3) is 0 Å². The van der Waals surface area contributed by atoms with Crippen molar-refractivity contribution < 1.29 is 9.53 Å². The normalized spacial score (nSPS) is 18.3. The number of anilines is 2. The quantitative estimate of drug-likeness (QED) is 0.605.